The highest BCUT2D eigenvalue weighted by Gasteiger charge is 2.28. The van der Waals surface area contributed by atoms with Crippen LogP contribution in [0.2, 0.25) is 0 Å². The van der Waals surface area contributed by atoms with Crippen molar-refractivity contribution in [1.29, 1.82) is 0 Å². The van der Waals surface area contributed by atoms with E-state index in [0.29, 0.717) is 17.6 Å². The van der Waals surface area contributed by atoms with E-state index >= 15 is 0 Å². The Balaban J connectivity index is 2.32. The minimum Gasteiger partial charge on any atom is -0.489 e. The molecular weight excluding hydrogens is 286 g/mol. The first-order valence-corrected chi connectivity index (χ1v) is 9.04. The average Bonchev–Trinajstić information content (AvgIpc) is 2.35. The molecule has 2 rings (SSSR count). The quantitative estimate of drug-likeness (QED) is 0.932. The van der Waals surface area contributed by atoms with Gasteiger partial charge in [-0.3, -0.25) is 0 Å². The summed E-state index contributed by atoms with van der Waals surface area (Å²) in [6.45, 7) is 8.21. The molecule has 1 fully saturated rings. The minimum atomic E-state index is -3.78. The van der Waals surface area contributed by atoms with Crippen LogP contribution in [-0.2, 0) is 10.0 Å². The van der Waals surface area contributed by atoms with Gasteiger partial charge in [0.2, 0.25) is 10.0 Å². The van der Waals surface area contributed by atoms with Crippen molar-refractivity contribution in [2.75, 3.05) is 0 Å². The Labute approximate surface area is 127 Å². The molecule has 2 N–H and O–H groups in total. The van der Waals surface area contributed by atoms with Gasteiger partial charge in [-0.05, 0) is 62.1 Å². The van der Waals surface area contributed by atoms with Crippen LogP contribution in [0.3, 0.4) is 0 Å². The molecule has 0 radical (unpaired) electrons. The first kappa shape index (κ1) is 16.3. The molecule has 118 valence electrons. The van der Waals surface area contributed by atoms with Crippen molar-refractivity contribution in [3.8, 4) is 5.75 Å². The van der Waals surface area contributed by atoms with Crippen molar-refractivity contribution in [2.24, 2.45) is 17.0 Å². The molecule has 1 saturated carbocycles. The van der Waals surface area contributed by atoms with Gasteiger partial charge < -0.3 is 4.74 Å². The van der Waals surface area contributed by atoms with E-state index in [1.807, 2.05) is 19.9 Å². The van der Waals surface area contributed by atoms with E-state index in [1.165, 1.54) is 0 Å². The fraction of sp³-hybridized carbons (Fsp3) is 0.625. The third kappa shape index (κ3) is 3.77. The van der Waals surface area contributed by atoms with Gasteiger partial charge in [0.1, 0.15) is 10.6 Å². The third-order valence-corrected chi connectivity index (χ3v) is 5.44. The minimum absolute atomic E-state index is 0.0677. The van der Waals surface area contributed by atoms with Crippen molar-refractivity contribution in [2.45, 2.75) is 58.0 Å². The highest BCUT2D eigenvalue weighted by molar-refractivity contribution is 7.89. The number of primary sulfonamides is 1. The van der Waals surface area contributed by atoms with Crippen molar-refractivity contribution in [3.05, 3.63) is 23.3 Å². The van der Waals surface area contributed by atoms with Crippen molar-refractivity contribution >= 4 is 10.0 Å². The van der Waals surface area contributed by atoms with Crippen molar-refractivity contribution in [1.82, 2.24) is 0 Å². The summed E-state index contributed by atoms with van der Waals surface area (Å²) in [6, 6.07) is 3.52. The van der Waals surface area contributed by atoms with Crippen molar-refractivity contribution in [3.63, 3.8) is 0 Å². The lowest BCUT2D eigenvalue weighted by Crippen LogP contribution is -2.29. The lowest BCUT2D eigenvalue weighted by atomic mass is 9.80. The smallest absolute Gasteiger partial charge is 0.241 e. The monoisotopic (exact) mass is 311 g/mol. The van der Waals surface area contributed by atoms with Crippen LogP contribution < -0.4 is 9.88 Å². The Kier molecular flexibility index (Phi) is 4.63. The van der Waals surface area contributed by atoms with E-state index in [0.717, 1.165) is 30.4 Å². The van der Waals surface area contributed by atoms with E-state index < -0.39 is 10.0 Å². The number of ether oxygens (including phenoxy) is 1. The van der Waals surface area contributed by atoms with Gasteiger partial charge in [0.05, 0.1) is 6.10 Å². The molecule has 1 aliphatic rings. The SMILES string of the molecule is Cc1cc(C)c(OC2CCC(C)C(C)C2)c(S(N)(=O)=O)c1. The first-order valence-electron chi connectivity index (χ1n) is 7.49. The molecular formula is C16H25NO3S. The Morgan fingerprint density at radius 1 is 1.14 bits per heavy atom. The van der Waals surface area contributed by atoms with Crippen LogP contribution in [0.25, 0.3) is 0 Å². The molecule has 1 aliphatic carbocycles. The zero-order valence-electron chi connectivity index (χ0n) is 13.2. The number of aryl methyl sites for hydroxylation is 2. The summed E-state index contributed by atoms with van der Waals surface area (Å²) in [5.41, 5.74) is 1.69. The Bertz CT molecular complexity index is 625. The second-order valence-electron chi connectivity index (χ2n) is 6.46. The maximum atomic E-state index is 11.8. The number of sulfonamides is 1. The number of benzene rings is 1. The second-order valence-corrected chi connectivity index (χ2v) is 7.99. The number of hydrogen-bond donors (Lipinski definition) is 1. The van der Waals surface area contributed by atoms with Gasteiger partial charge in [0, 0.05) is 0 Å². The summed E-state index contributed by atoms with van der Waals surface area (Å²) in [6.07, 6.45) is 3.10. The van der Waals surface area contributed by atoms with E-state index in [-0.39, 0.29) is 11.0 Å². The standard InChI is InChI=1S/C16H25NO3S/c1-10-7-13(4)16(15(8-10)21(17,18)19)20-14-6-5-11(2)12(3)9-14/h7-8,11-12,14H,5-6,9H2,1-4H3,(H2,17,18,19). The fourth-order valence-corrected chi connectivity index (χ4v) is 3.87. The third-order valence-electron chi connectivity index (χ3n) is 4.53. The Morgan fingerprint density at radius 3 is 2.38 bits per heavy atom. The molecule has 0 amide bonds. The molecule has 3 unspecified atom stereocenters. The largest absolute Gasteiger partial charge is 0.489 e. The predicted molar refractivity (Wildman–Crippen MR) is 83.9 cm³/mol. The van der Waals surface area contributed by atoms with Gasteiger partial charge >= 0.3 is 0 Å². The molecule has 0 aliphatic heterocycles. The lowest BCUT2D eigenvalue weighted by molar-refractivity contribution is 0.0972. The molecule has 0 bridgehead atoms. The lowest BCUT2D eigenvalue weighted by Gasteiger charge is -2.33. The molecule has 1 aromatic carbocycles. The van der Waals surface area contributed by atoms with Crippen LogP contribution >= 0.6 is 0 Å². The molecule has 5 heteroatoms. The summed E-state index contributed by atoms with van der Waals surface area (Å²) < 4.78 is 29.7. The van der Waals surface area contributed by atoms with E-state index in [4.69, 9.17) is 9.88 Å². The molecule has 3 atom stereocenters. The zero-order valence-corrected chi connectivity index (χ0v) is 14.0. The number of rotatable bonds is 3. The van der Waals surface area contributed by atoms with Crippen molar-refractivity contribution < 1.29 is 13.2 Å². The Hall–Kier alpha value is -1.07. The molecule has 21 heavy (non-hydrogen) atoms. The van der Waals surface area contributed by atoms with Gasteiger partial charge in [-0.1, -0.05) is 19.9 Å². The summed E-state index contributed by atoms with van der Waals surface area (Å²) in [5, 5.41) is 5.34. The normalized spacial score (nSPS) is 26.6. The zero-order chi connectivity index (χ0) is 15.8. The van der Waals surface area contributed by atoms with Gasteiger partial charge in [0.25, 0.3) is 0 Å². The number of hydrogen-bond acceptors (Lipinski definition) is 3. The Morgan fingerprint density at radius 2 is 1.81 bits per heavy atom. The van der Waals surface area contributed by atoms with Crippen LogP contribution in [0.4, 0.5) is 0 Å². The second kappa shape index (κ2) is 5.97. The van der Waals surface area contributed by atoms with Crippen LogP contribution in [0.5, 0.6) is 5.75 Å². The van der Waals surface area contributed by atoms with E-state index in [2.05, 4.69) is 13.8 Å². The number of nitrogens with two attached hydrogens (primary N) is 1. The highest BCUT2D eigenvalue weighted by Crippen LogP contribution is 2.35. The van der Waals surface area contributed by atoms with Crippen LogP contribution in [0.1, 0.15) is 44.2 Å². The van der Waals surface area contributed by atoms with Gasteiger partial charge in [-0.2, -0.15) is 0 Å². The maximum Gasteiger partial charge on any atom is 0.241 e. The topological polar surface area (TPSA) is 69.4 Å². The maximum absolute atomic E-state index is 11.8. The van der Waals surface area contributed by atoms with E-state index in [9.17, 15) is 8.42 Å². The highest BCUT2D eigenvalue weighted by atomic mass is 32.2. The molecule has 0 saturated heterocycles. The van der Waals surface area contributed by atoms with Crippen LogP contribution in [0, 0.1) is 25.7 Å². The summed E-state index contributed by atoms with van der Waals surface area (Å²) >= 11 is 0. The molecule has 0 heterocycles. The predicted octanol–water partition coefficient (Wildman–Crippen LogP) is 3.15. The van der Waals surface area contributed by atoms with Gasteiger partial charge in [0.15, 0.2) is 0 Å². The molecule has 0 spiro atoms. The summed E-state index contributed by atoms with van der Waals surface area (Å²) in [4.78, 5) is 0.103. The molecule has 1 aromatic rings. The summed E-state index contributed by atoms with van der Waals surface area (Å²) in [5.74, 6) is 1.71. The fourth-order valence-electron chi connectivity index (χ4n) is 3.05. The van der Waals surface area contributed by atoms with Gasteiger partial charge in [-0.15, -0.1) is 0 Å². The summed E-state index contributed by atoms with van der Waals surface area (Å²) in [7, 11) is -3.78. The van der Waals surface area contributed by atoms with Crippen LogP contribution in [0.15, 0.2) is 17.0 Å². The van der Waals surface area contributed by atoms with Gasteiger partial charge in [-0.25, -0.2) is 13.6 Å². The molecule has 0 aromatic heterocycles. The first-order chi connectivity index (χ1) is 9.68. The average molecular weight is 311 g/mol. The van der Waals surface area contributed by atoms with Crippen LogP contribution in [-0.4, -0.2) is 14.5 Å². The molecule has 4 nitrogen and oxygen atoms in total. The van der Waals surface area contributed by atoms with E-state index in [1.54, 1.807) is 6.07 Å².